The van der Waals surface area contributed by atoms with Gasteiger partial charge in [-0.05, 0) is 62.7 Å². The van der Waals surface area contributed by atoms with Crippen molar-refractivity contribution in [1.29, 1.82) is 5.26 Å². The summed E-state index contributed by atoms with van der Waals surface area (Å²) < 4.78 is 0. The van der Waals surface area contributed by atoms with E-state index in [1.807, 2.05) is 6.92 Å². The fourth-order valence-corrected chi connectivity index (χ4v) is 5.04. The van der Waals surface area contributed by atoms with E-state index in [1.54, 1.807) is 6.33 Å². The number of aromatic nitrogens is 2. The predicted octanol–water partition coefficient (Wildman–Crippen LogP) is 2.89. The predicted molar refractivity (Wildman–Crippen MR) is 75.9 cm³/mol. The summed E-state index contributed by atoms with van der Waals surface area (Å²) >= 11 is 0. The smallest absolute Gasteiger partial charge is 0.147 e. The van der Waals surface area contributed by atoms with Crippen molar-refractivity contribution in [2.45, 2.75) is 45.1 Å². The molecule has 4 nitrogen and oxygen atoms in total. The van der Waals surface area contributed by atoms with Crippen molar-refractivity contribution in [3.05, 3.63) is 17.6 Å². The Kier molecular flexibility index (Phi) is 2.70. The first-order valence-corrected chi connectivity index (χ1v) is 7.73. The maximum absolute atomic E-state index is 9.31. The number of anilines is 1. The molecular formula is C16H20N4. The largest absolute Gasteiger partial charge is 0.366 e. The number of rotatable bonds is 2. The molecule has 4 bridgehead atoms. The number of nitrogens with one attached hydrogen (secondary N) is 1. The maximum atomic E-state index is 9.31. The summed E-state index contributed by atoms with van der Waals surface area (Å²) in [5.74, 6) is 4.26. The molecule has 0 aromatic carbocycles. The molecular weight excluding hydrogens is 248 g/mol. The quantitative estimate of drug-likeness (QED) is 0.896. The average Bonchev–Trinajstić information content (AvgIpc) is 2.42. The van der Waals surface area contributed by atoms with E-state index in [9.17, 15) is 5.26 Å². The van der Waals surface area contributed by atoms with Crippen LogP contribution in [0.5, 0.6) is 0 Å². The Morgan fingerprint density at radius 1 is 1.10 bits per heavy atom. The van der Waals surface area contributed by atoms with Gasteiger partial charge >= 0.3 is 0 Å². The minimum absolute atomic E-state index is 0.518. The minimum atomic E-state index is 0.518. The normalized spacial score (nSPS) is 37.7. The van der Waals surface area contributed by atoms with E-state index in [-0.39, 0.29) is 0 Å². The number of nitrogens with zero attached hydrogens (tertiary/aromatic N) is 3. The summed E-state index contributed by atoms with van der Waals surface area (Å²) in [7, 11) is 0. The van der Waals surface area contributed by atoms with Crippen molar-refractivity contribution < 1.29 is 0 Å². The van der Waals surface area contributed by atoms with Crippen LogP contribution in [-0.4, -0.2) is 16.0 Å². The van der Waals surface area contributed by atoms with Crippen molar-refractivity contribution in [2.75, 3.05) is 5.32 Å². The molecule has 4 heteroatoms. The van der Waals surface area contributed by atoms with Crippen LogP contribution in [0.1, 0.15) is 43.4 Å². The molecule has 104 valence electrons. The van der Waals surface area contributed by atoms with Gasteiger partial charge in [0, 0.05) is 6.04 Å². The Morgan fingerprint density at radius 3 is 2.35 bits per heavy atom. The molecule has 1 aromatic heterocycles. The molecule has 1 N–H and O–H groups in total. The molecule has 0 spiro atoms. The summed E-state index contributed by atoms with van der Waals surface area (Å²) in [6, 6.07) is 2.77. The molecule has 0 aliphatic heterocycles. The lowest BCUT2D eigenvalue weighted by molar-refractivity contribution is 0.00740. The van der Waals surface area contributed by atoms with Gasteiger partial charge in [-0.3, -0.25) is 0 Å². The lowest BCUT2D eigenvalue weighted by Crippen LogP contribution is -2.51. The van der Waals surface area contributed by atoms with Gasteiger partial charge in [0.15, 0.2) is 0 Å². The molecule has 5 rings (SSSR count). The van der Waals surface area contributed by atoms with E-state index in [4.69, 9.17) is 0 Å². The Morgan fingerprint density at radius 2 is 1.75 bits per heavy atom. The van der Waals surface area contributed by atoms with E-state index in [0.29, 0.717) is 11.6 Å². The highest BCUT2D eigenvalue weighted by atomic mass is 15.1. The third-order valence-corrected chi connectivity index (χ3v) is 5.68. The highest BCUT2D eigenvalue weighted by Crippen LogP contribution is 2.54. The molecule has 0 amide bonds. The molecule has 4 aliphatic carbocycles. The second-order valence-electron chi connectivity index (χ2n) is 6.90. The Bertz CT molecular complexity index is 546. The zero-order chi connectivity index (χ0) is 13.7. The van der Waals surface area contributed by atoms with Crippen LogP contribution in [0.4, 0.5) is 5.82 Å². The van der Waals surface area contributed by atoms with Crippen LogP contribution >= 0.6 is 0 Å². The highest BCUT2D eigenvalue weighted by Gasteiger charge is 2.48. The van der Waals surface area contributed by atoms with Crippen LogP contribution in [-0.2, 0) is 0 Å². The maximum Gasteiger partial charge on any atom is 0.147 e. The van der Waals surface area contributed by atoms with E-state index < -0.39 is 0 Å². The Balaban J connectivity index is 1.61. The van der Waals surface area contributed by atoms with Crippen LogP contribution in [0.3, 0.4) is 0 Å². The molecule has 1 aromatic rings. The first kappa shape index (κ1) is 12.1. The van der Waals surface area contributed by atoms with E-state index in [1.165, 1.54) is 32.1 Å². The average molecular weight is 268 g/mol. The highest BCUT2D eigenvalue weighted by molar-refractivity contribution is 5.54. The van der Waals surface area contributed by atoms with Crippen molar-refractivity contribution >= 4 is 5.82 Å². The molecule has 0 saturated heterocycles. The first-order chi connectivity index (χ1) is 9.74. The van der Waals surface area contributed by atoms with Crippen LogP contribution in [0, 0.1) is 41.9 Å². The van der Waals surface area contributed by atoms with E-state index in [0.717, 1.165) is 35.2 Å². The molecule has 4 aliphatic rings. The van der Waals surface area contributed by atoms with Crippen molar-refractivity contribution in [3.63, 3.8) is 0 Å². The number of hydrogen-bond donors (Lipinski definition) is 1. The van der Waals surface area contributed by atoms with Gasteiger partial charge in [0.25, 0.3) is 0 Å². The first-order valence-electron chi connectivity index (χ1n) is 7.73. The van der Waals surface area contributed by atoms with Crippen molar-refractivity contribution in [3.8, 4) is 6.07 Å². The number of nitriles is 1. The van der Waals surface area contributed by atoms with Crippen LogP contribution in [0.2, 0.25) is 0 Å². The molecule has 20 heavy (non-hydrogen) atoms. The number of aryl methyl sites for hydroxylation is 1. The molecule has 0 atom stereocenters. The monoisotopic (exact) mass is 268 g/mol. The minimum Gasteiger partial charge on any atom is -0.366 e. The summed E-state index contributed by atoms with van der Waals surface area (Å²) in [5, 5.41) is 12.9. The fourth-order valence-electron chi connectivity index (χ4n) is 5.04. The topological polar surface area (TPSA) is 61.6 Å². The van der Waals surface area contributed by atoms with Crippen molar-refractivity contribution in [1.82, 2.24) is 9.97 Å². The zero-order valence-electron chi connectivity index (χ0n) is 11.8. The van der Waals surface area contributed by atoms with Gasteiger partial charge < -0.3 is 5.32 Å². The van der Waals surface area contributed by atoms with E-state index in [2.05, 4.69) is 21.4 Å². The molecule has 0 radical (unpaired) electrons. The van der Waals surface area contributed by atoms with Gasteiger partial charge in [-0.15, -0.1) is 0 Å². The lowest BCUT2D eigenvalue weighted by atomic mass is 9.54. The second kappa shape index (κ2) is 4.44. The Labute approximate surface area is 119 Å². The third kappa shape index (κ3) is 1.80. The van der Waals surface area contributed by atoms with Gasteiger partial charge in [0.1, 0.15) is 23.8 Å². The molecule has 4 saturated carbocycles. The molecule has 1 heterocycles. The summed E-state index contributed by atoms with van der Waals surface area (Å²) in [6.07, 6.45) is 8.52. The summed E-state index contributed by atoms with van der Waals surface area (Å²) in [6.45, 7) is 1.88. The van der Waals surface area contributed by atoms with Gasteiger partial charge in [-0.2, -0.15) is 5.26 Å². The number of hydrogen-bond acceptors (Lipinski definition) is 4. The lowest BCUT2D eigenvalue weighted by Gasteiger charge is -2.54. The zero-order valence-corrected chi connectivity index (χ0v) is 11.8. The molecule has 0 unspecified atom stereocenters. The SMILES string of the molecule is Cc1ncnc(NC2C3CC4CC(C3)CC2C4)c1C#N. The second-order valence-corrected chi connectivity index (χ2v) is 6.90. The van der Waals surface area contributed by atoms with Crippen molar-refractivity contribution in [2.24, 2.45) is 23.7 Å². The third-order valence-electron chi connectivity index (χ3n) is 5.68. The summed E-state index contributed by atoms with van der Waals surface area (Å²) in [4.78, 5) is 8.44. The van der Waals surface area contributed by atoms with Gasteiger partial charge in [0.2, 0.25) is 0 Å². The molecule has 4 fully saturated rings. The Hall–Kier alpha value is -1.63. The van der Waals surface area contributed by atoms with Crippen LogP contribution < -0.4 is 5.32 Å². The van der Waals surface area contributed by atoms with Gasteiger partial charge in [-0.25, -0.2) is 9.97 Å². The summed E-state index contributed by atoms with van der Waals surface area (Å²) in [5.41, 5.74) is 1.38. The fraction of sp³-hybridized carbons (Fsp3) is 0.688. The van der Waals surface area contributed by atoms with Crippen LogP contribution in [0.15, 0.2) is 6.33 Å². The van der Waals surface area contributed by atoms with Gasteiger partial charge in [0.05, 0.1) is 5.69 Å². The standard InChI is InChI=1S/C16H20N4/c1-9-14(7-17)16(19-8-18-9)20-15-12-3-10-2-11(5-12)6-13(15)4-10/h8,10-13,15H,2-6H2,1H3,(H,18,19,20). The van der Waals surface area contributed by atoms with Gasteiger partial charge in [-0.1, -0.05) is 0 Å². The van der Waals surface area contributed by atoms with E-state index >= 15 is 0 Å². The van der Waals surface area contributed by atoms with Crippen LogP contribution in [0.25, 0.3) is 0 Å².